The van der Waals surface area contributed by atoms with Gasteiger partial charge < -0.3 is 20.5 Å². The number of hydrogen-bond acceptors (Lipinski definition) is 3. The second kappa shape index (κ2) is 6.24. The van der Waals surface area contributed by atoms with E-state index in [0.717, 1.165) is 6.42 Å². The van der Waals surface area contributed by atoms with E-state index in [1.807, 2.05) is 0 Å². The van der Waals surface area contributed by atoms with Crippen LogP contribution in [0.1, 0.15) is 19.3 Å². The smallest absolute Gasteiger partial charge is 0.329 e. The lowest BCUT2D eigenvalue weighted by Crippen LogP contribution is -2.48. The molecule has 0 aliphatic heterocycles. The number of aliphatic carboxylic acids is 1. The number of carbonyl (C=O) groups is 2. The van der Waals surface area contributed by atoms with Gasteiger partial charge in [-0.3, -0.25) is 0 Å². The first-order valence-electron chi connectivity index (χ1n) is 5.59. The van der Waals surface area contributed by atoms with Crippen molar-refractivity contribution in [1.29, 1.82) is 0 Å². The number of rotatable bonds is 8. The highest BCUT2D eigenvalue weighted by atomic mass is 16.5. The highest BCUT2D eigenvalue weighted by molar-refractivity contribution is 5.88. The molecule has 6 heteroatoms. The lowest BCUT2D eigenvalue weighted by Gasteiger charge is -2.13. The van der Waals surface area contributed by atoms with Gasteiger partial charge in [-0.1, -0.05) is 6.08 Å². The highest BCUT2D eigenvalue weighted by Crippen LogP contribution is 2.35. The Kier molecular flexibility index (Phi) is 4.96. The van der Waals surface area contributed by atoms with Crippen LogP contribution in [-0.2, 0) is 9.53 Å². The molecule has 0 bridgehead atoms. The molecule has 0 aromatic heterocycles. The van der Waals surface area contributed by atoms with Gasteiger partial charge in [0, 0.05) is 6.54 Å². The number of hydrogen-bond donors (Lipinski definition) is 3. The van der Waals surface area contributed by atoms with Crippen molar-refractivity contribution in [2.45, 2.75) is 24.8 Å². The average Bonchev–Trinajstić information content (AvgIpc) is 3.04. The van der Waals surface area contributed by atoms with Crippen LogP contribution < -0.4 is 10.6 Å². The number of carbonyl (C=O) groups excluding carboxylic acids is 1. The van der Waals surface area contributed by atoms with E-state index in [0.29, 0.717) is 32.6 Å². The fourth-order valence-electron chi connectivity index (χ4n) is 1.28. The van der Waals surface area contributed by atoms with Gasteiger partial charge >= 0.3 is 12.0 Å². The first-order chi connectivity index (χ1) is 8.10. The molecule has 96 valence electrons. The van der Waals surface area contributed by atoms with E-state index in [1.165, 1.54) is 0 Å². The Bertz CT molecular complexity index is 300. The standard InChI is InChI=1S/C11H18N2O4/c1-2-3-7-17-8-6-12-10(16)13-11(4-5-11)9(14)15/h2H,1,3-8H2,(H,14,15)(H2,12,13,16). The molecule has 0 unspecified atom stereocenters. The van der Waals surface area contributed by atoms with Crippen LogP contribution in [0.2, 0.25) is 0 Å². The molecule has 1 aliphatic rings. The van der Waals surface area contributed by atoms with Gasteiger partial charge in [-0.05, 0) is 19.3 Å². The monoisotopic (exact) mass is 242 g/mol. The number of ether oxygens (including phenoxy) is 1. The van der Waals surface area contributed by atoms with Crippen molar-refractivity contribution in [2.75, 3.05) is 19.8 Å². The predicted molar refractivity (Wildman–Crippen MR) is 61.8 cm³/mol. The SMILES string of the molecule is C=CCCOCCNC(=O)NC1(C(=O)O)CC1. The predicted octanol–water partition coefficient (Wildman–Crippen LogP) is 0.496. The van der Waals surface area contributed by atoms with Crippen molar-refractivity contribution in [2.24, 2.45) is 0 Å². The summed E-state index contributed by atoms with van der Waals surface area (Å²) in [6, 6.07) is -0.461. The Morgan fingerprint density at radius 3 is 2.65 bits per heavy atom. The molecule has 1 rings (SSSR count). The van der Waals surface area contributed by atoms with Gasteiger partial charge in [0.25, 0.3) is 0 Å². The normalized spacial score (nSPS) is 16.0. The second-order valence-corrected chi connectivity index (χ2v) is 3.96. The third kappa shape index (κ3) is 4.44. The quantitative estimate of drug-likeness (QED) is 0.427. The zero-order valence-electron chi connectivity index (χ0n) is 9.70. The molecule has 1 aliphatic carbocycles. The largest absolute Gasteiger partial charge is 0.480 e. The van der Waals surface area contributed by atoms with E-state index >= 15 is 0 Å². The van der Waals surface area contributed by atoms with E-state index in [1.54, 1.807) is 6.08 Å². The molecule has 17 heavy (non-hydrogen) atoms. The highest BCUT2D eigenvalue weighted by Gasteiger charge is 2.51. The number of carboxylic acid groups (broad SMARTS) is 1. The molecular formula is C11H18N2O4. The summed E-state index contributed by atoms with van der Waals surface area (Å²) >= 11 is 0. The summed E-state index contributed by atoms with van der Waals surface area (Å²) in [6.45, 7) is 4.89. The summed E-state index contributed by atoms with van der Waals surface area (Å²) < 4.78 is 5.19. The summed E-state index contributed by atoms with van der Waals surface area (Å²) in [5.41, 5.74) is -1.03. The fourth-order valence-corrected chi connectivity index (χ4v) is 1.28. The maximum Gasteiger partial charge on any atom is 0.329 e. The summed E-state index contributed by atoms with van der Waals surface area (Å²) in [6.07, 6.45) is 3.51. The van der Waals surface area contributed by atoms with Crippen LogP contribution >= 0.6 is 0 Å². The number of carboxylic acids is 1. The van der Waals surface area contributed by atoms with Gasteiger partial charge in [-0.2, -0.15) is 0 Å². The topological polar surface area (TPSA) is 87.7 Å². The maximum absolute atomic E-state index is 11.3. The lowest BCUT2D eigenvalue weighted by molar-refractivity contribution is -0.140. The maximum atomic E-state index is 11.3. The van der Waals surface area contributed by atoms with Gasteiger partial charge in [-0.25, -0.2) is 9.59 Å². The Morgan fingerprint density at radius 1 is 1.41 bits per heavy atom. The zero-order chi connectivity index (χ0) is 12.7. The third-order valence-corrected chi connectivity index (χ3v) is 2.51. The summed E-state index contributed by atoms with van der Waals surface area (Å²) in [5, 5.41) is 13.8. The Balaban J connectivity index is 2.06. The minimum absolute atomic E-state index is 0.360. The molecule has 0 heterocycles. The minimum atomic E-state index is -1.03. The van der Waals surface area contributed by atoms with Gasteiger partial charge in [0.1, 0.15) is 5.54 Å². The van der Waals surface area contributed by atoms with Crippen LogP contribution in [0.3, 0.4) is 0 Å². The Morgan fingerprint density at radius 2 is 2.12 bits per heavy atom. The van der Waals surface area contributed by atoms with E-state index in [9.17, 15) is 9.59 Å². The third-order valence-electron chi connectivity index (χ3n) is 2.51. The van der Waals surface area contributed by atoms with Crippen LogP contribution in [0.4, 0.5) is 4.79 Å². The minimum Gasteiger partial charge on any atom is -0.480 e. The zero-order valence-corrected chi connectivity index (χ0v) is 9.70. The second-order valence-electron chi connectivity index (χ2n) is 3.96. The first kappa shape index (κ1) is 13.5. The van der Waals surface area contributed by atoms with Crippen molar-refractivity contribution in [3.63, 3.8) is 0 Å². The van der Waals surface area contributed by atoms with Gasteiger partial charge in [0.15, 0.2) is 0 Å². The molecular weight excluding hydrogens is 224 g/mol. The molecule has 0 aromatic carbocycles. The molecule has 0 aromatic rings. The molecule has 0 atom stereocenters. The van der Waals surface area contributed by atoms with Crippen LogP contribution in [-0.4, -0.2) is 42.4 Å². The van der Waals surface area contributed by atoms with Crippen molar-refractivity contribution in [1.82, 2.24) is 10.6 Å². The van der Waals surface area contributed by atoms with Crippen molar-refractivity contribution in [3.05, 3.63) is 12.7 Å². The van der Waals surface area contributed by atoms with E-state index in [4.69, 9.17) is 9.84 Å². The van der Waals surface area contributed by atoms with E-state index in [2.05, 4.69) is 17.2 Å². The van der Waals surface area contributed by atoms with Crippen LogP contribution in [0.25, 0.3) is 0 Å². The summed E-state index contributed by atoms with van der Waals surface area (Å²) in [7, 11) is 0. The van der Waals surface area contributed by atoms with Gasteiger partial charge in [0.2, 0.25) is 0 Å². The molecule has 1 fully saturated rings. The van der Waals surface area contributed by atoms with Crippen LogP contribution in [0.5, 0.6) is 0 Å². The summed E-state index contributed by atoms with van der Waals surface area (Å²) in [4.78, 5) is 22.1. The van der Waals surface area contributed by atoms with Crippen LogP contribution in [0, 0.1) is 0 Å². The average molecular weight is 242 g/mol. The Labute approximate surface area is 100 Å². The first-order valence-corrected chi connectivity index (χ1v) is 5.59. The number of amides is 2. The van der Waals surface area contributed by atoms with Gasteiger partial charge in [-0.15, -0.1) is 6.58 Å². The molecule has 6 nitrogen and oxygen atoms in total. The van der Waals surface area contributed by atoms with E-state index in [-0.39, 0.29) is 0 Å². The summed E-state index contributed by atoms with van der Waals surface area (Å²) in [5.74, 6) is -0.977. The molecule has 1 saturated carbocycles. The Hall–Kier alpha value is -1.56. The number of nitrogens with one attached hydrogen (secondary N) is 2. The fraction of sp³-hybridized carbons (Fsp3) is 0.636. The number of urea groups is 1. The molecule has 0 radical (unpaired) electrons. The van der Waals surface area contributed by atoms with Gasteiger partial charge in [0.05, 0.1) is 13.2 Å². The van der Waals surface area contributed by atoms with Crippen molar-refractivity contribution >= 4 is 12.0 Å². The van der Waals surface area contributed by atoms with Crippen molar-refractivity contribution in [3.8, 4) is 0 Å². The molecule has 3 N–H and O–H groups in total. The van der Waals surface area contributed by atoms with E-state index < -0.39 is 17.5 Å². The lowest BCUT2D eigenvalue weighted by atomic mass is 10.3. The molecule has 0 spiro atoms. The van der Waals surface area contributed by atoms with Crippen molar-refractivity contribution < 1.29 is 19.4 Å². The molecule has 2 amide bonds. The van der Waals surface area contributed by atoms with Crippen LogP contribution in [0.15, 0.2) is 12.7 Å². The molecule has 0 saturated heterocycles.